The minimum Gasteiger partial charge on any atom is -0.371 e. The maximum atomic E-state index is 13.5. The lowest BCUT2D eigenvalue weighted by Gasteiger charge is -2.24. The molecule has 2 saturated heterocycles. The first-order chi connectivity index (χ1) is 14.1. The smallest absolute Gasteiger partial charge is 0.191 e. The highest BCUT2D eigenvalue weighted by Gasteiger charge is 2.30. The highest BCUT2D eigenvalue weighted by molar-refractivity contribution is 5.80. The molecule has 1 aliphatic carbocycles. The number of likely N-dealkylation sites (tertiary alicyclic amines) is 1. The van der Waals surface area contributed by atoms with E-state index in [0.29, 0.717) is 12.0 Å². The number of rotatable bonds is 5. The van der Waals surface area contributed by atoms with Crippen molar-refractivity contribution >= 4 is 11.6 Å². The van der Waals surface area contributed by atoms with Crippen LogP contribution in [-0.4, -0.2) is 62.7 Å². The molecule has 5 nitrogen and oxygen atoms in total. The van der Waals surface area contributed by atoms with E-state index in [-0.39, 0.29) is 0 Å². The Hall–Kier alpha value is -1.89. The predicted octanol–water partition coefficient (Wildman–Crippen LogP) is 2.97. The second-order valence-electron chi connectivity index (χ2n) is 8.72. The SMILES string of the molecule is CN=C(NCC1CCN(c2ccc(F)c(F)c2)C1)NC1CCN(C2CCCC2)C1. The number of hydrogen-bond donors (Lipinski definition) is 2. The van der Waals surface area contributed by atoms with E-state index in [1.54, 1.807) is 6.07 Å². The van der Waals surface area contributed by atoms with Crippen molar-refractivity contribution in [3.8, 4) is 0 Å². The zero-order valence-electron chi connectivity index (χ0n) is 17.3. The van der Waals surface area contributed by atoms with Crippen LogP contribution < -0.4 is 15.5 Å². The van der Waals surface area contributed by atoms with Crippen molar-refractivity contribution in [3.05, 3.63) is 29.8 Å². The van der Waals surface area contributed by atoms with Gasteiger partial charge in [0, 0.05) is 63.6 Å². The molecule has 0 aromatic heterocycles. The lowest BCUT2D eigenvalue weighted by atomic mass is 10.1. The van der Waals surface area contributed by atoms with Crippen molar-refractivity contribution in [3.63, 3.8) is 0 Å². The molecule has 2 aliphatic heterocycles. The molecule has 1 aromatic carbocycles. The summed E-state index contributed by atoms with van der Waals surface area (Å²) in [5.74, 6) is -0.244. The average Bonchev–Trinajstić information content (AvgIpc) is 3.48. The number of halogens is 2. The monoisotopic (exact) mass is 405 g/mol. The molecular weight excluding hydrogens is 372 g/mol. The number of anilines is 1. The molecule has 1 aromatic rings. The molecule has 1 saturated carbocycles. The van der Waals surface area contributed by atoms with Crippen LogP contribution in [0.15, 0.2) is 23.2 Å². The van der Waals surface area contributed by atoms with Crippen molar-refractivity contribution in [2.75, 3.05) is 44.7 Å². The maximum absolute atomic E-state index is 13.5. The Morgan fingerprint density at radius 3 is 2.66 bits per heavy atom. The van der Waals surface area contributed by atoms with Crippen LogP contribution in [0.4, 0.5) is 14.5 Å². The van der Waals surface area contributed by atoms with Crippen LogP contribution in [0.25, 0.3) is 0 Å². The Kier molecular flexibility index (Phi) is 6.53. The summed E-state index contributed by atoms with van der Waals surface area (Å²) in [6, 6.07) is 5.41. The van der Waals surface area contributed by atoms with Crippen molar-refractivity contribution < 1.29 is 8.78 Å². The van der Waals surface area contributed by atoms with Gasteiger partial charge in [0.2, 0.25) is 0 Å². The number of nitrogens with zero attached hydrogens (tertiary/aromatic N) is 3. The first kappa shape index (κ1) is 20.4. The van der Waals surface area contributed by atoms with E-state index in [1.807, 2.05) is 7.05 Å². The highest BCUT2D eigenvalue weighted by Crippen LogP contribution is 2.27. The Morgan fingerprint density at radius 2 is 1.90 bits per heavy atom. The highest BCUT2D eigenvalue weighted by atomic mass is 19.2. The summed E-state index contributed by atoms with van der Waals surface area (Å²) in [7, 11) is 1.82. The Bertz CT molecular complexity index is 719. The second-order valence-corrected chi connectivity index (χ2v) is 8.72. The van der Waals surface area contributed by atoms with Crippen LogP contribution in [-0.2, 0) is 0 Å². The van der Waals surface area contributed by atoms with E-state index >= 15 is 0 Å². The van der Waals surface area contributed by atoms with Gasteiger partial charge in [-0.3, -0.25) is 9.89 Å². The first-order valence-corrected chi connectivity index (χ1v) is 11.0. The molecule has 7 heteroatoms. The minimum absolute atomic E-state index is 0.459. The molecule has 2 heterocycles. The fraction of sp³-hybridized carbons (Fsp3) is 0.682. The molecule has 0 spiro atoms. The largest absolute Gasteiger partial charge is 0.371 e. The summed E-state index contributed by atoms with van der Waals surface area (Å²) in [5.41, 5.74) is 0.756. The van der Waals surface area contributed by atoms with Gasteiger partial charge in [-0.2, -0.15) is 0 Å². The van der Waals surface area contributed by atoms with Gasteiger partial charge in [-0.25, -0.2) is 8.78 Å². The molecule has 2 unspecified atom stereocenters. The zero-order valence-corrected chi connectivity index (χ0v) is 17.3. The van der Waals surface area contributed by atoms with Crippen molar-refractivity contribution in [1.82, 2.24) is 15.5 Å². The normalized spacial score (nSPS) is 26.4. The van der Waals surface area contributed by atoms with Gasteiger partial charge in [0.15, 0.2) is 17.6 Å². The van der Waals surface area contributed by atoms with E-state index in [0.717, 1.165) is 50.3 Å². The van der Waals surface area contributed by atoms with Gasteiger partial charge in [-0.05, 0) is 43.7 Å². The molecule has 0 amide bonds. The van der Waals surface area contributed by atoms with Gasteiger partial charge in [-0.15, -0.1) is 0 Å². The molecule has 29 heavy (non-hydrogen) atoms. The Balaban J connectivity index is 1.21. The Labute approximate surface area is 172 Å². The van der Waals surface area contributed by atoms with E-state index in [9.17, 15) is 8.78 Å². The summed E-state index contributed by atoms with van der Waals surface area (Å²) in [6.45, 7) is 4.83. The van der Waals surface area contributed by atoms with E-state index < -0.39 is 11.6 Å². The number of aliphatic imine (C=N–C) groups is 1. The number of benzene rings is 1. The third kappa shape index (κ3) is 5.00. The fourth-order valence-corrected chi connectivity index (χ4v) is 5.05. The molecule has 160 valence electrons. The third-order valence-electron chi connectivity index (χ3n) is 6.74. The predicted molar refractivity (Wildman–Crippen MR) is 113 cm³/mol. The fourth-order valence-electron chi connectivity index (χ4n) is 5.05. The van der Waals surface area contributed by atoms with Gasteiger partial charge < -0.3 is 15.5 Å². The van der Waals surface area contributed by atoms with Gasteiger partial charge in [0.1, 0.15) is 0 Å². The van der Waals surface area contributed by atoms with Crippen LogP contribution in [0.2, 0.25) is 0 Å². The number of guanidine groups is 1. The third-order valence-corrected chi connectivity index (χ3v) is 6.74. The van der Waals surface area contributed by atoms with Gasteiger partial charge in [0.25, 0.3) is 0 Å². The van der Waals surface area contributed by atoms with Crippen molar-refractivity contribution in [2.24, 2.45) is 10.9 Å². The molecule has 3 aliphatic rings. The lowest BCUT2D eigenvalue weighted by Crippen LogP contribution is -2.46. The summed E-state index contributed by atoms with van der Waals surface area (Å²) in [4.78, 5) is 9.18. The molecule has 2 N–H and O–H groups in total. The summed E-state index contributed by atoms with van der Waals surface area (Å²) < 4.78 is 26.7. The summed E-state index contributed by atoms with van der Waals surface area (Å²) >= 11 is 0. The van der Waals surface area contributed by atoms with E-state index in [4.69, 9.17) is 0 Å². The van der Waals surface area contributed by atoms with E-state index in [1.165, 1.54) is 50.8 Å². The molecule has 3 fully saturated rings. The molecule has 0 bridgehead atoms. The van der Waals surface area contributed by atoms with Crippen LogP contribution in [0.1, 0.15) is 38.5 Å². The van der Waals surface area contributed by atoms with Crippen LogP contribution >= 0.6 is 0 Å². The van der Waals surface area contributed by atoms with Crippen LogP contribution in [0.3, 0.4) is 0 Å². The molecule has 4 rings (SSSR count). The van der Waals surface area contributed by atoms with Gasteiger partial charge in [-0.1, -0.05) is 12.8 Å². The van der Waals surface area contributed by atoms with Gasteiger partial charge in [0.05, 0.1) is 0 Å². The lowest BCUT2D eigenvalue weighted by molar-refractivity contribution is 0.242. The average molecular weight is 406 g/mol. The van der Waals surface area contributed by atoms with Gasteiger partial charge >= 0.3 is 0 Å². The quantitative estimate of drug-likeness (QED) is 0.584. The first-order valence-electron chi connectivity index (χ1n) is 11.0. The van der Waals surface area contributed by atoms with E-state index in [2.05, 4.69) is 25.4 Å². The second kappa shape index (κ2) is 9.28. The molecule has 0 radical (unpaired) electrons. The number of hydrogen-bond acceptors (Lipinski definition) is 3. The molecule has 2 atom stereocenters. The number of nitrogens with one attached hydrogen (secondary N) is 2. The van der Waals surface area contributed by atoms with Crippen molar-refractivity contribution in [1.29, 1.82) is 0 Å². The minimum atomic E-state index is -0.792. The van der Waals surface area contributed by atoms with Crippen molar-refractivity contribution in [2.45, 2.75) is 50.6 Å². The summed E-state index contributed by atoms with van der Waals surface area (Å²) in [6.07, 6.45) is 7.68. The standard InChI is InChI=1S/C22H33F2N5/c1-25-22(27-17-9-11-29(15-17)18-4-2-3-5-18)26-13-16-8-10-28(14-16)19-6-7-20(23)21(24)12-19/h6-7,12,16-18H,2-5,8-11,13-15H2,1H3,(H2,25,26,27). The van der Waals surface area contributed by atoms with Crippen LogP contribution in [0, 0.1) is 17.6 Å². The van der Waals surface area contributed by atoms with Crippen LogP contribution in [0.5, 0.6) is 0 Å². The summed E-state index contributed by atoms with van der Waals surface area (Å²) in [5, 5.41) is 7.07. The topological polar surface area (TPSA) is 42.9 Å². The molecular formula is C22H33F2N5. The Morgan fingerprint density at radius 1 is 1.07 bits per heavy atom. The maximum Gasteiger partial charge on any atom is 0.191 e. The zero-order chi connectivity index (χ0) is 20.2.